The molecule has 0 saturated carbocycles. The van der Waals surface area contributed by atoms with E-state index >= 15 is 0 Å². The second-order valence-electron chi connectivity index (χ2n) is 2.56. The summed E-state index contributed by atoms with van der Waals surface area (Å²) >= 11 is 1.18. The van der Waals surface area contributed by atoms with Gasteiger partial charge in [-0.25, -0.2) is 0 Å². The molecule has 0 unspecified atom stereocenters. The van der Waals surface area contributed by atoms with Crippen LogP contribution in [0.4, 0.5) is 4.79 Å². The van der Waals surface area contributed by atoms with Gasteiger partial charge in [0.05, 0.1) is 5.54 Å². The highest BCUT2D eigenvalue weighted by Crippen LogP contribution is 2.33. The molecule has 1 amide bonds. The first-order valence-electron chi connectivity index (χ1n) is 2.72. The van der Waals surface area contributed by atoms with E-state index in [2.05, 4.69) is 11.9 Å². The highest BCUT2D eigenvalue weighted by atomic mass is 32.2. The number of amides is 1. The number of carbonyl (C=O) groups is 1. The van der Waals surface area contributed by atoms with Crippen molar-refractivity contribution < 1.29 is 4.79 Å². The van der Waals surface area contributed by atoms with Crippen LogP contribution in [-0.2, 0) is 0 Å². The zero-order valence-electron chi connectivity index (χ0n) is 5.52. The molecule has 0 aliphatic carbocycles. The number of hydrogen-bond donors (Lipinski definition) is 1. The van der Waals surface area contributed by atoms with Gasteiger partial charge in [-0.15, -0.1) is 0 Å². The van der Waals surface area contributed by atoms with Crippen molar-refractivity contribution >= 4 is 17.0 Å². The maximum absolute atomic E-state index is 10.7. The maximum atomic E-state index is 10.7. The van der Waals surface area contributed by atoms with Crippen LogP contribution in [0.15, 0.2) is 11.5 Å². The molecular weight excluding hydrogens is 134 g/mol. The standard InChI is InChI=1S/C6H9NOS/c1-4-6(2,3)7-5(8)9-4/h1H2,2-3H3,(H,7,8). The molecule has 0 radical (unpaired) electrons. The van der Waals surface area contributed by atoms with E-state index in [9.17, 15) is 4.79 Å². The van der Waals surface area contributed by atoms with Crippen molar-refractivity contribution in [2.75, 3.05) is 0 Å². The lowest BCUT2D eigenvalue weighted by molar-refractivity contribution is 0.257. The van der Waals surface area contributed by atoms with Gasteiger partial charge in [-0.1, -0.05) is 6.58 Å². The van der Waals surface area contributed by atoms with Crippen LogP contribution >= 0.6 is 11.8 Å². The van der Waals surface area contributed by atoms with Crippen LogP contribution in [0.1, 0.15) is 13.8 Å². The molecule has 1 aliphatic heterocycles. The highest BCUT2D eigenvalue weighted by Gasteiger charge is 2.32. The lowest BCUT2D eigenvalue weighted by Crippen LogP contribution is -2.35. The molecule has 1 saturated heterocycles. The zero-order chi connectivity index (χ0) is 7.07. The van der Waals surface area contributed by atoms with E-state index in [1.54, 1.807) is 0 Å². The molecule has 0 atom stereocenters. The van der Waals surface area contributed by atoms with E-state index in [0.717, 1.165) is 4.91 Å². The van der Waals surface area contributed by atoms with Gasteiger partial charge < -0.3 is 5.32 Å². The van der Waals surface area contributed by atoms with E-state index in [4.69, 9.17) is 0 Å². The molecule has 50 valence electrons. The fourth-order valence-corrected chi connectivity index (χ4v) is 1.43. The van der Waals surface area contributed by atoms with E-state index in [1.807, 2.05) is 13.8 Å². The quantitative estimate of drug-likeness (QED) is 0.559. The second kappa shape index (κ2) is 1.77. The Balaban J connectivity index is 2.81. The summed E-state index contributed by atoms with van der Waals surface area (Å²) in [5, 5.41) is 2.77. The van der Waals surface area contributed by atoms with E-state index in [0.29, 0.717) is 0 Å². The Hall–Kier alpha value is -0.440. The summed E-state index contributed by atoms with van der Waals surface area (Å²) in [5.74, 6) is 0. The summed E-state index contributed by atoms with van der Waals surface area (Å²) in [6.45, 7) is 7.61. The summed E-state index contributed by atoms with van der Waals surface area (Å²) in [6, 6.07) is 0. The Morgan fingerprint density at radius 3 is 2.33 bits per heavy atom. The van der Waals surface area contributed by atoms with Crippen LogP contribution in [0.3, 0.4) is 0 Å². The van der Waals surface area contributed by atoms with Crippen LogP contribution in [0.25, 0.3) is 0 Å². The molecule has 1 aliphatic rings. The van der Waals surface area contributed by atoms with Gasteiger partial charge in [-0.2, -0.15) is 0 Å². The van der Waals surface area contributed by atoms with Crippen molar-refractivity contribution in [1.29, 1.82) is 0 Å². The van der Waals surface area contributed by atoms with Gasteiger partial charge in [0.1, 0.15) is 0 Å². The fourth-order valence-electron chi connectivity index (χ4n) is 0.590. The third kappa shape index (κ3) is 1.10. The van der Waals surface area contributed by atoms with Crippen LogP contribution in [-0.4, -0.2) is 10.8 Å². The minimum atomic E-state index is -0.207. The van der Waals surface area contributed by atoms with Crippen molar-refractivity contribution in [2.24, 2.45) is 0 Å². The van der Waals surface area contributed by atoms with E-state index in [1.165, 1.54) is 11.8 Å². The molecule has 1 fully saturated rings. The molecule has 9 heavy (non-hydrogen) atoms. The molecule has 0 aromatic carbocycles. The summed E-state index contributed by atoms with van der Waals surface area (Å²) < 4.78 is 0. The van der Waals surface area contributed by atoms with Crippen LogP contribution < -0.4 is 5.32 Å². The monoisotopic (exact) mass is 143 g/mol. The van der Waals surface area contributed by atoms with Gasteiger partial charge in [0, 0.05) is 4.91 Å². The number of hydrogen-bond acceptors (Lipinski definition) is 2. The van der Waals surface area contributed by atoms with Gasteiger partial charge in [0.25, 0.3) is 5.24 Å². The SMILES string of the molecule is C=C1SC(=O)NC1(C)C. The molecule has 0 aromatic rings. The lowest BCUT2D eigenvalue weighted by Gasteiger charge is -2.16. The Morgan fingerprint density at radius 2 is 2.22 bits per heavy atom. The summed E-state index contributed by atoms with van der Waals surface area (Å²) in [4.78, 5) is 11.6. The summed E-state index contributed by atoms with van der Waals surface area (Å²) in [5.41, 5.74) is -0.207. The van der Waals surface area contributed by atoms with Gasteiger partial charge in [-0.3, -0.25) is 4.79 Å². The van der Waals surface area contributed by atoms with Crippen LogP contribution in [0.5, 0.6) is 0 Å². The molecule has 1 heterocycles. The van der Waals surface area contributed by atoms with E-state index in [-0.39, 0.29) is 10.8 Å². The predicted octanol–water partition coefficient (Wildman–Crippen LogP) is 1.74. The molecule has 0 bridgehead atoms. The first-order valence-corrected chi connectivity index (χ1v) is 3.53. The van der Waals surface area contributed by atoms with Crippen molar-refractivity contribution in [1.82, 2.24) is 5.32 Å². The number of thioether (sulfide) groups is 1. The average molecular weight is 143 g/mol. The number of carbonyl (C=O) groups excluding carboxylic acids is 1. The highest BCUT2D eigenvalue weighted by molar-refractivity contribution is 8.17. The number of rotatable bonds is 0. The Labute approximate surface area is 58.7 Å². The topological polar surface area (TPSA) is 29.1 Å². The maximum Gasteiger partial charge on any atom is 0.284 e. The van der Waals surface area contributed by atoms with Crippen LogP contribution in [0, 0.1) is 0 Å². The lowest BCUT2D eigenvalue weighted by atomic mass is 10.1. The first kappa shape index (κ1) is 6.68. The minimum absolute atomic E-state index is 0.00463. The molecule has 1 rings (SSSR count). The molecule has 2 nitrogen and oxygen atoms in total. The van der Waals surface area contributed by atoms with Crippen molar-refractivity contribution in [3.63, 3.8) is 0 Å². The normalized spacial score (nSPS) is 24.2. The third-order valence-corrected chi connectivity index (χ3v) is 2.37. The third-order valence-electron chi connectivity index (χ3n) is 1.33. The molecule has 3 heteroatoms. The Bertz CT molecular complexity index is 174. The first-order chi connectivity index (χ1) is 4.02. The molecule has 1 N–H and O–H groups in total. The summed E-state index contributed by atoms with van der Waals surface area (Å²) in [7, 11) is 0. The van der Waals surface area contributed by atoms with Gasteiger partial charge in [-0.05, 0) is 25.6 Å². The van der Waals surface area contributed by atoms with Gasteiger partial charge in [0.2, 0.25) is 0 Å². The van der Waals surface area contributed by atoms with Gasteiger partial charge in [0.15, 0.2) is 0 Å². The second-order valence-corrected chi connectivity index (χ2v) is 3.63. The number of nitrogens with one attached hydrogen (secondary N) is 1. The average Bonchev–Trinajstić information content (AvgIpc) is 1.79. The molecule has 0 spiro atoms. The van der Waals surface area contributed by atoms with Crippen molar-refractivity contribution in [3.8, 4) is 0 Å². The zero-order valence-corrected chi connectivity index (χ0v) is 6.34. The molecular formula is C6H9NOS. The fraction of sp³-hybridized carbons (Fsp3) is 0.500. The van der Waals surface area contributed by atoms with E-state index < -0.39 is 0 Å². The van der Waals surface area contributed by atoms with Crippen molar-refractivity contribution in [2.45, 2.75) is 19.4 Å². The Kier molecular flexibility index (Phi) is 1.31. The van der Waals surface area contributed by atoms with Crippen LogP contribution in [0.2, 0.25) is 0 Å². The summed E-state index contributed by atoms with van der Waals surface area (Å²) in [6.07, 6.45) is 0. The molecule has 0 aromatic heterocycles. The largest absolute Gasteiger partial charge is 0.337 e. The minimum Gasteiger partial charge on any atom is -0.337 e. The van der Waals surface area contributed by atoms with Crippen molar-refractivity contribution in [3.05, 3.63) is 11.5 Å². The smallest absolute Gasteiger partial charge is 0.284 e. The predicted molar refractivity (Wildman–Crippen MR) is 39.3 cm³/mol. The Morgan fingerprint density at radius 1 is 1.67 bits per heavy atom. The van der Waals surface area contributed by atoms with Gasteiger partial charge >= 0.3 is 0 Å².